The molecule has 0 spiro atoms. The number of hydrogen-bond acceptors (Lipinski definition) is 2. The summed E-state index contributed by atoms with van der Waals surface area (Å²) in [6.07, 6.45) is 1.02. The molecule has 0 fully saturated rings. The van der Waals surface area contributed by atoms with Gasteiger partial charge in [0.15, 0.2) is 0 Å². The Labute approximate surface area is 171 Å². The van der Waals surface area contributed by atoms with Gasteiger partial charge in [-0.15, -0.1) is 0 Å². The smallest absolute Gasteiger partial charge is 0.0809 e. The lowest BCUT2D eigenvalue weighted by Gasteiger charge is -2.32. The second kappa shape index (κ2) is 7.34. The molecule has 24 heavy (non-hydrogen) atoms. The maximum absolute atomic E-state index is 6.36. The predicted octanol–water partition coefficient (Wildman–Crippen LogP) is 7.84. The molecule has 2 aromatic carbocycles. The summed E-state index contributed by atoms with van der Waals surface area (Å²) in [7, 11) is 0. The highest BCUT2D eigenvalue weighted by molar-refractivity contribution is 8.00. The summed E-state index contributed by atoms with van der Waals surface area (Å²) in [5.41, 5.74) is 2.59. The number of rotatable bonds is 3. The molecule has 2 atom stereocenters. The number of anilines is 1. The van der Waals surface area contributed by atoms with Crippen molar-refractivity contribution in [2.75, 3.05) is 4.90 Å². The van der Waals surface area contributed by atoms with E-state index < -0.39 is 0 Å². The van der Waals surface area contributed by atoms with Gasteiger partial charge < -0.3 is 4.90 Å². The minimum Gasteiger partial charge on any atom is -0.356 e. The van der Waals surface area contributed by atoms with E-state index in [4.69, 9.17) is 58.0 Å². The molecule has 0 radical (unpaired) electrons. The van der Waals surface area contributed by atoms with Crippen LogP contribution in [0.4, 0.5) is 5.69 Å². The van der Waals surface area contributed by atoms with E-state index in [1.165, 1.54) is 23.0 Å². The Morgan fingerprint density at radius 1 is 0.958 bits per heavy atom. The molecular weight excluding hydrogens is 428 g/mol. The molecule has 0 aliphatic carbocycles. The van der Waals surface area contributed by atoms with Crippen LogP contribution in [0.5, 0.6) is 0 Å². The Kier molecular flexibility index (Phi) is 5.76. The van der Waals surface area contributed by atoms with Crippen LogP contribution in [0.3, 0.4) is 0 Å². The SMILES string of the molecule is CC1Cc2ccccc2N1C(C)Sc1c(Cl)c(Cl)c(Cl)c(Cl)c1Cl. The second-order valence-corrected chi connectivity index (χ2v) is 8.92. The zero-order chi connectivity index (χ0) is 17.6. The molecule has 0 bridgehead atoms. The van der Waals surface area contributed by atoms with Gasteiger partial charge in [0.2, 0.25) is 0 Å². The summed E-state index contributed by atoms with van der Waals surface area (Å²) in [6.45, 7) is 4.33. The van der Waals surface area contributed by atoms with E-state index in [9.17, 15) is 0 Å². The highest BCUT2D eigenvalue weighted by atomic mass is 35.5. The Morgan fingerprint density at radius 3 is 2.12 bits per heavy atom. The Hall–Kier alpha value is 0.0400. The molecule has 128 valence electrons. The number of thioether (sulfide) groups is 1. The fourth-order valence-corrected chi connectivity index (χ4v) is 5.76. The van der Waals surface area contributed by atoms with Crippen molar-refractivity contribution in [1.82, 2.24) is 0 Å². The van der Waals surface area contributed by atoms with Gasteiger partial charge in [0.1, 0.15) is 0 Å². The lowest BCUT2D eigenvalue weighted by Crippen LogP contribution is -2.35. The van der Waals surface area contributed by atoms with E-state index >= 15 is 0 Å². The van der Waals surface area contributed by atoms with Crippen LogP contribution in [0.1, 0.15) is 19.4 Å². The van der Waals surface area contributed by atoms with E-state index in [0.29, 0.717) is 21.0 Å². The van der Waals surface area contributed by atoms with Gasteiger partial charge in [-0.25, -0.2) is 0 Å². The van der Waals surface area contributed by atoms with Crippen LogP contribution < -0.4 is 4.90 Å². The first-order valence-corrected chi connectivity index (χ1v) is 10.1. The number of nitrogens with zero attached hydrogens (tertiary/aromatic N) is 1. The lowest BCUT2D eigenvalue weighted by molar-refractivity contribution is 0.669. The summed E-state index contributed by atoms with van der Waals surface area (Å²) in [5.74, 6) is 0. The van der Waals surface area contributed by atoms with Gasteiger partial charge in [-0.05, 0) is 31.9 Å². The van der Waals surface area contributed by atoms with Gasteiger partial charge in [-0.2, -0.15) is 0 Å². The van der Waals surface area contributed by atoms with Crippen molar-refractivity contribution in [2.24, 2.45) is 0 Å². The normalized spacial score (nSPS) is 18.0. The van der Waals surface area contributed by atoms with E-state index in [2.05, 4.69) is 43.0 Å². The van der Waals surface area contributed by atoms with Crippen molar-refractivity contribution in [3.05, 3.63) is 54.9 Å². The molecule has 1 nitrogen and oxygen atoms in total. The number of hydrogen-bond donors (Lipinski definition) is 0. The third kappa shape index (κ3) is 3.22. The fraction of sp³-hybridized carbons (Fsp3) is 0.294. The molecule has 1 aliphatic rings. The molecule has 7 heteroatoms. The summed E-state index contributed by atoms with van der Waals surface area (Å²) in [4.78, 5) is 3.02. The monoisotopic (exact) mass is 439 g/mol. The summed E-state index contributed by atoms with van der Waals surface area (Å²) in [5, 5.41) is 1.44. The number of benzene rings is 2. The molecule has 0 aromatic heterocycles. The number of halogens is 5. The van der Waals surface area contributed by atoms with Crippen LogP contribution in [-0.4, -0.2) is 11.4 Å². The van der Waals surface area contributed by atoms with Gasteiger partial charge in [0, 0.05) is 16.6 Å². The first kappa shape index (κ1) is 18.8. The molecule has 1 aliphatic heterocycles. The van der Waals surface area contributed by atoms with E-state index in [1.807, 2.05) is 0 Å². The van der Waals surface area contributed by atoms with Gasteiger partial charge in [0.25, 0.3) is 0 Å². The predicted molar refractivity (Wildman–Crippen MR) is 109 cm³/mol. The van der Waals surface area contributed by atoms with Gasteiger partial charge in [-0.1, -0.05) is 88.0 Å². The van der Waals surface area contributed by atoms with E-state index in [-0.39, 0.29) is 20.4 Å². The van der Waals surface area contributed by atoms with Crippen LogP contribution in [0.25, 0.3) is 0 Å². The van der Waals surface area contributed by atoms with Gasteiger partial charge in [0.05, 0.1) is 30.5 Å². The number of para-hydroxylation sites is 1. The van der Waals surface area contributed by atoms with Crippen LogP contribution in [0, 0.1) is 0 Å². The standard InChI is InChI=1S/C17H14Cl5NS/c1-8-7-10-5-3-4-6-11(10)23(8)9(2)24-17-15(21)13(19)12(18)14(20)16(17)22/h3-6,8-9H,7H2,1-2H3. The molecule has 2 unspecified atom stereocenters. The van der Waals surface area contributed by atoms with E-state index in [0.717, 1.165) is 6.42 Å². The average Bonchev–Trinajstić information content (AvgIpc) is 2.90. The lowest BCUT2D eigenvalue weighted by atomic mass is 10.1. The minimum absolute atomic E-state index is 0.104. The van der Waals surface area contributed by atoms with Crippen LogP contribution in [0.2, 0.25) is 25.1 Å². The summed E-state index contributed by atoms with van der Waals surface area (Å²) >= 11 is 32.7. The third-order valence-electron chi connectivity index (χ3n) is 4.11. The van der Waals surface area contributed by atoms with Gasteiger partial charge >= 0.3 is 0 Å². The van der Waals surface area contributed by atoms with Crippen LogP contribution in [-0.2, 0) is 6.42 Å². The largest absolute Gasteiger partial charge is 0.356 e. The average molecular weight is 442 g/mol. The highest BCUT2D eigenvalue weighted by Crippen LogP contribution is 2.50. The topological polar surface area (TPSA) is 3.24 Å². The Balaban J connectivity index is 1.96. The zero-order valence-corrected chi connectivity index (χ0v) is 17.5. The maximum atomic E-state index is 6.36. The van der Waals surface area contributed by atoms with Crippen molar-refractivity contribution >= 4 is 75.5 Å². The molecule has 1 heterocycles. The minimum atomic E-state index is 0.104. The van der Waals surface area contributed by atoms with Crippen molar-refractivity contribution in [1.29, 1.82) is 0 Å². The van der Waals surface area contributed by atoms with Crippen LogP contribution in [0.15, 0.2) is 29.2 Å². The van der Waals surface area contributed by atoms with Crippen molar-refractivity contribution in [3.8, 4) is 0 Å². The second-order valence-electron chi connectivity index (χ2n) is 5.71. The Bertz CT molecular complexity index is 766. The van der Waals surface area contributed by atoms with Crippen molar-refractivity contribution < 1.29 is 0 Å². The summed E-state index contributed by atoms with van der Waals surface area (Å²) < 4.78 is 0. The van der Waals surface area contributed by atoms with Gasteiger partial charge in [-0.3, -0.25) is 0 Å². The van der Waals surface area contributed by atoms with Crippen LogP contribution >= 0.6 is 69.8 Å². The molecule has 3 rings (SSSR count). The number of fused-ring (bicyclic) bond motifs is 1. The Morgan fingerprint density at radius 2 is 1.50 bits per heavy atom. The molecule has 0 N–H and O–H groups in total. The molecular formula is C17H14Cl5NS. The highest BCUT2D eigenvalue weighted by Gasteiger charge is 2.31. The fourth-order valence-electron chi connectivity index (χ4n) is 3.06. The summed E-state index contributed by atoms with van der Waals surface area (Å²) in [6, 6.07) is 8.82. The third-order valence-corrected chi connectivity index (χ3v) is 7.82. The zero-order valence-electron chi connectivity index (χ0n) is 12.9. The molecule has 0 saturated heterocycles. The maximum Gasteiger partial charge on any atom is 0.0809 e. The van der Waals surface area contributed by atoms with E-state index in [1.54, 1.807) is 0 Å². The molecule has 0 amide bonds. The quantitative estimate of drug-likeness (QED) is 0.271. The first-order valence-electron chi connectivity index (χ1n) is 7.37. The van der Waals surface area contributed by atoms with Crippen molar-refractivity contribution in [3.63, 3.8) is 0 Å². The first-order chi connectivity index (χ1) is 11.3. The molecule has 0 saturated carbocycles. The van der Waals surface area contributed by atoms with Crippen molar-refractivity contribution in [2.45, 2.75) is 36.6 Å². The molecule has 2 aromatic rings.